The van der Waals surface area contributed by atoms with Crippen molar-refractivity contribution in [1.82, 2.24) is 15.3 Å². The van der Waals surface area contributed by atoms with E-state index >= 15 is 0 Å². The second kappa shape index (κ2) is 8.60. The van der Waals surface area contributed by atoms with Crippen LogP contribution in [0.1, 0.15) is 33.7 Å². The van der Waals surface area contributed by atoms with Crippen LogP contribution in [0, 0.1) is 0 Å². The molecule has 10 heteroatoms. The van der Waals surface area contributed by atoms with Crippen molar-refractivity contribution >= 4 is 45.5 Å². The van der Waals surface area contributed by atoms with Gasteiger partial charge in [-0.25, -0.2) is 4.98 Å². The number of hydrogen-bond acceptors (Lipinski definition) is 6. The Morgan fingerprint density at radius 1 is 1.26 bits per heavy atom. The predicted molar refractivity (Wildman–Crippen MR) is 105 cm³/mol. The van der Waals surface area contributed by atoms with Crippen molar-refractivity contribution in [3.8, 4) is 11.3 Å². The van der Waals surface area contributed by atoms with Crippen LogP contribution in [0.3, 0.4) is 0 Å². The molecule has 0 bridgehead atoms. The van der Waals surface area contributed by atoms with Gasteiger partial charge in [0, 0.05) is 41.0 Å². The fraction of sp³-hybridized carbons (Fsp3) is 0.176. The number of nitrogens with two attached hydrogens (primary N) is 1. The van der Waals surface area contributed by atoms with Gasteiger partial charge in [0.1, 0.15) is 5.69 Å². The Kier molecular flexibility index (Phi) is 5.99. The first-order valence-electron chi connectivity index (χ1n) is 8.07. The molecule has 0 fully saturated rings. The summed E-state index contributed by atoms with van der Waals surface area (Å²) < 4.78 is 0. The van der Waals surface area contributed by atoms with Gasteiger partial charge in [-0.15, -0.1) is 11.3 Å². The molecule has 0 aliphatic carbocycles. The quantitative estimate of drug-likeness (QED) is 0.430. The summed E-state index contributed by atoms with van der Waals surface area (Å²) in [5.74, 6) is -0.855. The molecule has 0 unspecified atom stereocenters. The van der Waals surface area contributed by atoms with Crippen molar-refractivity contribution in [3.05, 3.63) is 45.7 Å². The van der Waals surface area contributed by atoms with Crippen molar-refractivity contribution in [3.63, 3.8) is 0 Å². The van der Waals surface area contributed by atoms with Crippen LogP contribution in [0.15, 0.2) is 34.5 Å². The summed E-state index contributed by atoms with van der Waals surface area (Å²) in [5, 5.41) is 11.4. The number of H-pyrrole nitrogens is 1. The first-order chi connectivity index (χ1) is 13.0. The fourth-order valence-electron chi connectivity index (χ4n) is 2.28. The standard InChI is InChI=1S/C17H17N5O3S2/c18-15(24)12-6-11(7-20-12)13-9-27-17(21-13)22-14(23)2-1-4-19-16(25)10-3-5-26-8-10/h3,5-9,20H,1-2,4H2,(H2,18,24)(H,19,25)(H,21,22,23). The average Bonchev–Trinajstić information content (AvgIpc) is 3.39. The zero-order valence-electron chi connectivity index (χ0n) is 14.2. The molecular formula is C17H17N5O3S2. The Labute approximate surface area is 162 Å². The molecule has 3 rings (SSSR count). The van der Waals surface area contributed by atoms with Crippen molar-refractivity contribution in [2.24, 2.45) is 5.73 Å². The zero-order chi connectivity index (χ0) is 19.2. The van der Waals surface area contributed by atoms with Crippen LogP contribution in [-0.4, -0.2) is 34.2 Å². The molecule has 5 N–H and O–H groups in total. The van der Waals surface area contributed by atoms with E-state index in [4.69, 9.17) is 5.73 Å². The molecule has 3 aromatic heterocycles. The second-order valence-electron chi connectivity index (χ2n) is 5.62. The lowest BCUT2D eigenvalue weighted by atomic mass is 10.2. The van der Waals surface area contributed by atoms with E-state index in [1.807, 2.05) is 5.38 Å². The van der Waals surface area contributed by atoms with Crippen molar-refractivity contribution in [2.45, 2.75) is 12.8 Å². The van der Waals surface area contributed by atoms with Crippen LogP contribution in [0.25, 0.3) is 11.3 Å². The molecule has 3 amide bonds. The number of amides is 3. The first kappa shape index (κ1) is 18.8. The normalized spacial score (nSPS) is 10.5. The lowest BCUT2D eigenvalue weighted by Crippen LogP contribution is -2.25. The lowest BCUT2D eigenvalue weighted by molar-refractivity contribution is -0.116. The molecule has 0 aliphatic heterocycles. The minimum atomic E-state index is -0.545. The fourth-order valence-corrected chi connectivity index (χ4v) is 3.65. The molecule has 0 aromatic carbocycles. The Bertz CT molecular complexity index is 946. The summed E-state index contributed by atoms with van der Waals surface area (Å²) in [6.07, 6.45) is 2.44. The van der Waals surface area contributed by atoms with Gasteiger partial charge in [0.2, 0.25) is 5.91 Å². The maximum absolute atomic E-state index is 12.0. The number of aromatic nitrogens is 2. The molecule has 0 saturated heterocycles. The Balaban J connectivity index is 1.43. The lowest BCUT2D eigenvalue weighted by Gasteiger charge is -2.04. The van der Waals surface area contributed by atoms with E-state index in [-0.39, 0.29) is 18.2 Å². The molecule has 0 atom stereocenters. The molecule has 3 heterocycles. The van der Waals surface area contributed by atoms with Crippen molar-refractivity contribution in [2.75, 3.05) is 11.9 Å². The SMILES string of the molecule is NC(=O)c1cc(-c2csc(NC(=O)CCCNC(=O)c3ccsc3)n2)c[nH]1. The molecule has 8 nitrogen and oxygen atoms in total. The van der Waals surface area contributed by atoms with Crippen molar-refractivity contribution < 1.29 is 14.4 Å². The summed E-state index contributed by atoms with van der Waals surface area (Å²) >= 11 is 2.75. The Morgan fingerprint density at radius 2 is 2.11 bits per heavy atom. The summed E-state index contributed by atoms with van der Waals surface area (Å²) in [7, 11) is 0. The Hall–Kier alpha value is -2.98. The number of carbonyl (C=O) groups is 3. The number of anilines is 1. The number of rotatable bonds is 8. The van der Waals surface area contributed by atoms with E-state index in [9.17, 15) is 14.4 Å². The summed E-state index contributed by atoms with van der Waals surface area (Å²) in [6.45, 7) is 0.421. The summed E-state index contributed by atoms with van der Waals surface area (Å²) in [4.78, 5) is 42.0. The number of thiophene rings is 1. The number of nitrogens with one attached hydrogen (secondary N) is 3. The van der Waals surface area contributed by atoms with Gasteiger partial charge in [-0.2, -0.15) is 11.3 Å². The topological polar surface area (TPSA) is 130 Å². The molecule has 0 radical (unpaired) electrons. The zero-order valence-corrected chi connectivity index (χ0v) is 15.8. The third-order valence-corrected chi connectivity index (χ3v) is 5.09. The highest BCUT2D eigenvalue weighted by atomic mass is 32.1. The van der Waals surface area contributed by atoms with Crippen LogP contribution in [0.2, 0.25) is 0 Å². The van der Waals surface area contributed by atoms with Gasteiger partial charge >= 0.3 is 0 Å². The van der Waals surface area contributed by atoms with Gasteiger partial charge < -0.3 is 21.4 Å². The van der Waals surface area contributed by atoms with Gasteiger partial charge in [-0.1, -0.05) is 0 Å². The smallest absolute Gasteiger partial charge is 0.265 e. The highest BCUT2D eigenvalue weighted by Crippen LogP contribution is 2.25. The third kappa shape index (κ3) is 5.02. The van der Waals surface area contributed by atoms with Gasteiger partial charge in [0.15, 0.2) is 5.13 Å². The molecule has 27 heavy (non-hydrogen) atoms. The highest BCUT2D eigenvalue weighted by Gasteiger charge is 2.11. The average molecular weight is 403 g/mol. The van der Waals surface area contributed by atoms with Crippen LogP contribution in [-0.2, 0) is 4.79 Å². The Morgan fingerprint density at radius 3 is 2.81 bits per heavy atom. The van der Waals surface area contributed by atoms with Gasteiger partial charge in [0.25, 0.3) is 11.8 Å². The number of aromatic amines is 1. The molecule has 0 spiro atoms. The van der Waals surface area contributed by atoms with Crippen LogP contribution >= 0.6 is 22.7 Å². The monoisotopic (exact) mass is 403 g/mol. The largest absolute Gasteiger partial charge is 0.364 e. The molecule has 140 valence electrons. The van der Waals surface area contributed by atoms with Gasteiger partial charge in [-0.05, 0) is 23.9 Å². The number of hydrogen-bond donors (Lipinski definition) is 4. The highest BCUT2D eigenvalue weighted by molar-refractivity contribution is 7.14. The summed E-state index contributed by atoms with van der Waals surface area (Å²) in [5.41, 5.74) is 7.50. The maximum atomic E-state index is 12.0. The van der Waals surface area contributed by atoms with Crippen LogP contribution < -0.4 is 16.4 Å². The van der Waals surface area contributed by atoms with E-state index in [1.54, 1.807) is 29.1 Å². The van der Waals surface area contributed by atoms with Crippen molar-refractivity contribution in [1.29, 1.82) is 0 Å². The van der Waals surface area contributed by atoms with E-state index in [0.29, 0.717) is 35.0 Å². The molecule has 0 saturated carbocycles. The van der Waals surface area contributed by atoms with E-state index in [2.05, 4.69) is 20.6 Å². The van der Waals surface area contributed by atoms with E-state index < -0.39 is 5.91 Å². The van der Waals surface area contributed by atoms with E-state index in [1.165, 1.54) is 22.7 Å². The molecule has 3 aromatic rings. The van der Waals surface area contributed by atoms with Gasteiger partial charge in [0.05, 0.1) is 5.69 Å². The number of thiazole rings is 1. The third-order valence-electron chi connectivity index (χ3n) is 3.64. The number of nitrogens with zero attached hydrogens (tertiary/aromatic N) is 1. The summed E-state index contributed by atoms with van der Waals surface area (Å²) in [6, 6.07) is 3.36. The van der Waals surface area contributed by atoms with Crippen LogP contribution in [0.5, 0.6) is 0 Å². The molecular weight excluding hydrogens is 386 g/mol. The van der Waals surface area contributed by atoms with Gasteiger partial charge in [-0.3, -0.25) is 14.4 Å². The van der Waals surface area contributed by atoms with Crippen LogP contribution in [0.4, 0.5) is 5.13 Å². The number of primary amides is 1. The second-order valence-corrected chi connectivity index (χ2v) is 7.26. The minimum absolute atomic E-state index is 0.136. The minimum Gasteiger partial charge on any atom is -0.364 e. The first-order valence-corrected chi connectivity index (χ1v) is 9.89. The van der Waals surface area contributed by atoms with E-state index in [0.717, 1.165) is 5.56 Å². The number of carbonyl (C=O) groups excluding carboxylic acids is 3. The maximum Gasteiger partial charge on any atom is 0.265 e. The molecule has 0 aliphatic rings. The predicted octanol–water partition coefficient (Wildman–Crippen LogP) is 2.45.